The van der Waals surface area contributed by atoms with Crippen LogP contribution in [0.15, 0.2) is 18.2 Å². The molecule has 1 heterocycles. The fourth-order valence-electron chi connectivity index (χ4n) is 0.795. The van der Waals surface area contributed by atoms with Crippen LogP contribution < -0.4 is 15.3 Å². The van der Waals surface area contributed by atoms with Crippen LogP contribution >= 0.6 is 0 Å². The van der Waals surface area contributed by atoms with Crippen LogP contribution in [0.1, 0.15) is 0 Å². The number of aromatic hydroxyl groups is 1. The predicted octanol–water partition coefficient (Wildman–Crippen LogP) is 0.583. The number of para-hydroxylation sites is 1. The van der Waals surface area contributed by atoms with Gasteiger partial charge in [0.05, 0.1) is 0 Å². The third kappa shape index (κ3) is 0.593. The van der Waals surface area contributed by atoms with Gasteiger partial charge in [-0.25, -0.2) is 0 Å². The van der Waals surface area contributed by atoms with Gasteiger partial charge in [-0.3, -0.25) is 0 Å². The van der Waals surface area contributed by atoms with Crippen molar-refractivity contribution in [3.05, 3.63) is 18.2 Å². The molecular weight excluding hydrogens is 134 g/mol. The summed E-state index contributed by atoms with van der Waals surface area (Å²) in [4.78, 5) is 9.45. The number of nitrogens with one attached hydrogen (secondary N) is 1. The van der Waals surface area contributed by atoms with Gasteiger partial charge in [0, 0.05) is 5.64 Å². The first-order chi connectivity index (χ1) is 4.88. The average molecular weight is 139 g/mol. The molecule has 0 spiro atoms. The van der Waals surface area contributed by atoms with Crippen molar-refractivity contribution >= 4 is 0 Å². The smallest absolute Gasteiger partial charge is 0.237 e. The summed E-state index contributed by atoms with van der Waals surface area (Å²) in [5.41, 5.74) is 2.17. The van der Waals surface area contributed by atoms with E-state index in [2.05, 4.69) is 5.64 Å². The minimum atomic E-state index is 0.0718. The van der Waals surface area contributed by atoms with E-state index in [9.17, 15) is 0 Å². The summed E-state index contributed by atoms with van der Waals surface area (Å²) >= 11 is 0. The minimum Gasteiger partial charge on any atom is -0.504 e. The van der Waals surface area contributed by atoms with Gasteiger partial charge in [-0.2, -0.15) is 0 Å². The standard InChI is InChI=1S/C6H5NO3/c8-4-2-1-3-5-6(4)10-7-9-5/h1-3,7-8H. The lowest BCUT2D eigenvalue weighted by Crippen LogP contribution is -2.14. The van der Waals surface area contributed by atoms with Crippen molar-refractivity contribution in [3.63, 3.8) is 0 Å². The van der Waals surface area contributed by atoms with E-state index in [-0.39, 0.29) is 5.75 Å². The molecule has 0 saturated carbocycles. The molecule has 1 aromatic carbocycles. The lowest BCUT2D eigenvalue weighted by atomic mass is 10.3. The van der Waals surface area contributed by atoms with Crippen LogP contribution in [-0.4, -0.2) is 5.11 Å². The Hall–Kier alpha value is -1.42. The number of hydrogen-bond acceptors (Lipinski definition) is 4. The molecule has 4 nitrogen and oxygen atoms in total. The first-order valence-corrected chi connectivity index (χ1v) is 2.78. The van der Waals surface area contributed by atoms with Crippen LogP contribution in [0.4, 0.5) is 0 Å². The highest BCUT2D eigenvalue weighted by molar-refractivity contribution is 5.50. The average Bonchev–Trinajstić information content (AvgIpc) is 2.36. The van der Waals surface area contributed by atoms with Gasteiger partial charge in [-0.15, -0.1) is 0 Å². The number of fused-ring (bicyclic) bond motifs is 1. The van der Waals surface area contributed by atoms with Crippen LogP contribution in [0.5, 0.6) is 17.2 Å². The molecule has 0 saturated heterocycles. The van der Waals surface area contributed by atoms with Gasteiger partial charge in [-0.05, 0) is 12.1 Å². The maximum absolute atomic E-state index is 9.09. The Kier molecular flexibility index (Phi) is 0.956. The van der Waals surface area contributed by atoms with Gasteiger partial charge < -0.3 is 14.8 Å². The summed E-state index contributed by atoms with van der Waals surface area (Å²) in [5.74, 6) is 0.907. The second-order valence-electron chi connectivity index (χ2n) is 1.89. The largest absolute Gasteiger partial charge is 0.504 e. The van der Waals surface area contributed by atoms with Crippen molar-refractivity contribution in [1.82, 2.24) is 5.64 Å². The van der Waals surface area contributed by atoms with E-state index in [1.807, 2.05) is 0 Å². The first kappa shape index (κ1) is 5.37. The van der Waals surface area contributed by atoms with Crippen LogP contribution in [0, 0.1) is 0 Å². The summed E-state index contributed by atoms with van der Waals surface area (Å²) in [5, 5.41) is 9.09. The molecule has 2 rings (SSSR count). The summed E-state index contributed by atoms with van der Waals surface area (Å²) in [6.45, 7) is 0. The van der Waals surface area contributed by atoms with Crippen molar-refractivity contribution in [3.8, 4) is 17.2 Å². The number of rotatable bonds is 0. The fourth-order valence-corrected chi connectivity index (χ4v) is 0.795. The zero-order valence-electron chi connectivity index (χ0n) is 5.00. The molecule has 0 amide bonds. The molecule has 0 fully saturated rings. The molecule has 0 radical (unpaired) electrons. The maximum Gasteiger partial charge on any atom is 0.237 e. The minimum absolute atomic E-state index is 0.0718. The maximum atomic E-state index is 9.09. The number of benzene rings is 1. The second kappa shape index (κ2) is 1.78. The molecule has 1 aliphatic heterocycles. The topological polar surface area (TPSA) is 50.7 Å². The molecule has 2 N–H and O–H groups in total. The molecule has 0 unspecified atom stereocenters. The van der Waals surface area contributed by atoms with Crippen LogP contribution in [-0.2, 0) is 0 Å². The quantitative estimate of drug-likeness (QED) is 0.552. The highest BCUT2D eigenvalue weighted by Crippen LogP contribution is 2.37. The number of phenolic OH excluding ortho intramolecular Hbond substituents is 1. The first-order valence-electron chi connectivity index (χ1n) is 2.78. The Bertz CT molecular complexity index is 261. The summed E-state index contributed by atoms with van der Waals surface area (Å²) in [7, 11) is 0. The molecule has 0 aliphatic carbocycles. The highest BCUT2D eigenvalue weighted by Gasteiger charge is 2.16. The predicted molar refractivity (Wildman–Crippen MR) is 32.5 cm³/mol. The zero-order chi connectivity index (χ0) is 6.97. The second-order valence-corrected chi connectivity index (χ2v) is 1.89. The van der Waals surface area contributed by atoms with E-state index in [1.54, 1.807) is 12.1 Å². The molecule has 52 valence electrons. The summed E-state index contributed by atoms with van der Waals surface area (Å²) in [6.07, 6.45) is 0. The van der Waals surface area contributed by atoms with Crippen molar-refractivity contribution in [2.45, 2.75) is 0 Å². The molecule has 0 bridgehead atoms. The molecule has 1 aliphatic rings. The SMILES string of the molecule is Oc1cccc2c1ONO2. The van der Waals surface area contributed by atoms with E-state index < -0.39 is 0 Å². The fraction of sp³-hybridized carbons (Fsp3) is 0. The van der Waals surface area contributed by atoms with E-state index in [0.29, 0.717) is 11.5 Å². The van der Waals surface area contributed by atoms with Gasteiger partial charge in [0.2, 0.25) is 5.75 Å². The van der Waals surface area contributed by atoms with Crippen LogP contribution in [0.25, 0.3) is 0 Å². The summed E-state index contributed by atoms with van der Waals surface area (Å²) in [6, 6.07) is 4.88. The lowest BCUT2D eigenvalue weighted by Gasteiger charge is -1.93. The van der Waals surface area contributed by atoms with Crippen molar-refractivity contribution in [2.24, 2.45) is 0 Å². The monoisotopic (exact) mass is 139 g/mol. The van der Waals surface area contributed by atoms with Crippen LogP contribution in [0.2, 0.25) is 0 Å². The van der Waals surface area contributed by atoms with Gasteiger partial charge in [0.1, 0.15) is 0 Å². The number of phenols is 1. The molecular formula is C6H5NO3. The van der Waals surface area contributed by atoms with Gasteiger partial charge >= 0.3 is 0 Å². The lowest BCUT2D eigenvalue weighted by molar-refractivity contribution is 0.0248. The molecule has 4 heteroatoms. The third-order valence-corrected chi connectivity index (χ3v) is 1.25. The van der Waals surface area contributed by atoms with E-state index in [4.69, 9.17) is 14.8 Å². The van der Waals surface area contributed by atoms with Crippen molar-refractivity contribution in [2.75, 3.05) is 0 Å². The Morgan fingerprint density at radius 3 is 3.00 bits per heavy atom. The summed E-state index contributed by atoms with van der Waals surface area (Å²) < 4.78 is 0. The Balaban J connectivity index is 2.59. The van der Waals surface area contributed by atoms with Crippen LogP contribution in [0.3, 0.4) is 0 Å². The number of hydrogen-bond donors (Lipinski definition) is 2. The van der Waals surface area contributed by atoms with Gasteiger partial charge in [-0.1, -0.05) is 6.07 Å². The normalized spacial score (nSPS) is 13.6. The third-order valence-electron chi connectivity index (χ3n) is 1.25. The zero-order valence-corrected chi connectivity index (χ0v) is 5.00. The van der Waals surface area contributed by atoms with Gasteiger partial charge in [0.25, 0.3) is 0 Å². The Labute approximate surface area is 56.9 Å². The van der Waals surface area contributed by atoms with Crippen molar-refractivity contribution in [1.29, 1.82) is 0 Å². The molecule has 10 heavy (non-hydrogen) atoms. The van der Waals surface area contributed by atoms with E-state index in [0.717, 1.165) is 0 Å². The Morgan fingerprint density at radius 1 is 1.30 bits per heavy atom. The highest BCUT2D eigenvalue weighted by atomic mass is 16.9. The molecule has 1 aromatic rings. The molecule has 0 aromatic heterocycles. The van der Waals surface area contributed by atoms with Crippen molar-refractivity contribution < 1.29 is 14.8 Å². The van der Waals surface area contributed by atoms with E-state index in [1.165, 1.54) is 6.07 Å². The Morgan fingerprint density at radius 2 is 2.20 bits per heavy atom. The van der Waals surface area contributed by atoms with E-state index >= 15 is 0 Å². The van der Waals surface area contributed by atoms with Gasteiger partial charge in [0.15, 0.2) is 11.5 Å². The molecule has 0 atom stereocenters.